The lowest BCUT2D eigenvalue weighted by molar-refractivity contribution is 0.0985. The number of rotatable bonds is 5. The highest BCUT2D eigenvalue weighted by molar-refractivity contribution is 7.22. The first-order valence-corrected chi connectivity index (χ1v) is 11.9. The van der Waals surface area contributed by atoms with Crippen molar-refractivity contribution in [2.45, 2.75) is 45.6 Å². The lowest BCUT2D eigenvalue weighted by Crippen LogP contribution is -2.30. The average molecular weight is 427 g/mol. The van der Waals surface area contributed by atoms with Gasteiger partial charge in [-0.3, -0.25) is 9.69 Å². The quantitative estimate of drug-likeness (QED) is 0.361. The Morgan fingerprint density at radius 3 is 2.58 bits per heavy atom. The van der Waals surface area contributed by atoms with E-state index in [4.69, 9.17) is 4.98 Å². The number of carbonyl (C=O) groups is 1. The Morgan fingerprint density at radius 2 is 1.77 bits per heavy atom. The molecule has 0 fully saturated rings. The van der Waals surface area contributed by atoms with E-state index in [0.29, 0.717) is 6.54 Å². The highest BCUT2D eigenvalue weighted by Gasteiger charge is 2.23. The van der Waals surface area contributed by atoms with Gasteiger partial charge in [0, 0.05) is 5.56 Å². The van der Waals surface area contributed by atoms with Crippen LogP contribution in [-0.4, -0.2) is 10.9 Å². The second-order valence-corrected chi connectivity index (χ2v) is 9.19. The number of hydrogen-bond acceptors (Lipinski definition) is 3. The lowest BCUT2D eigenvalue weighted by Gasteiger charge is -2.22. The molecule has 1 amide bonds. The lowest BCUT2D eigenvalue weighted by atomic mass is 9.90. The first-order chi connectivity index (χ1) is 15.2. The number of carbonyl (C=O) groups excluding carboxylic acids is 1. The van der Waals surface area contributed by atoms with Gasteiger partial charge in [-0.25, -0.2) is 4.98 Å². The van der Waals surface area contributed by atoms with Crippen LogP contribution in [0.15, 0.2) is 66.7 Å². The van der Waals surface area contributed by atoms with E-state index >= 15 is 0 Å². The van der Waals surface area contributed by atoms with Gasteiger partial charge in [0.15, 0.2) is 5.13 Å². The molecular formula is C27H26N2OS. The SMILES string of the molecule is CCc1cccc2sc(N(Cc3ccccc3)C(=O)c3ccc4c(c3)CCCC4)nc12. The van der Waals surface area contributed by atoms with E-state index in [1.807, 2.05) is 29.2 Å². The molecule has 1 aliphatic rings. The van der Waals surface area contributed by atoms with Gasteiger partial charge in [0.25, 0.3) is 5.91 Å². The van der Waals surface area contributed by atoms with Gasteiger partial charge in [-0.05, 0) is 72.6 Å². The molecule has 0 bridgehead atoms. The highest BCUT2D eigenvalue weighted by Crippen LogP contribution is 2.33. The summed E-state index contributed by atoms with van der Waals surface area (Å²) in [6.45, 7) is 2.66. The Bertz CT molecular complexity index is 1230. The van der Waals surface area contributed by atoms with Gasteiger partial charge in [0.2, 0.25) is 0 Å². The standard InChI is InChI=1S/C27H26N2OS/c1-2-20-13-8-14-24-25(20)28-27(31-24)29(18-19-9-4-3-5-10-19)26(30)23-16-15-21-11-6-7-12-22(21)17-23/h3-5,8-10,13-17H,2,6-7,11-12,18H2,1H3. The average Bonchev–Trinajstić information content (AvgIpc) is 3.26. The van der Waals surface area contributed by atoms with Crippen LogP contribution >= 0.6 is 11.3 Å². The van der Waals surface area contributed by atoms with Crippen molar-refractivity contribution in [3.8, 4) is 0 Å². The minimum atomic E-state index is 0.0225. The van der Waals surface area contributed by atoms with E-state index in [2.05, 4.69) is 49.4 Å². The Morgan fingerprint density at radius 1 is 0.968 bits per heavy atom. The molecule has 1 aliphatic carbocycles. The van der Waals surface area contributed by atoms with Crippen LogP contribution in [0.4, 0.5) is 5.13 Å². The molecule has 3 nitrogen and oxygen atoms in total. The zero-order valence-electron chi connectivity index (χ0n) is 17.8. The Labute approximate surface area is 187 Å². The van der Waals surface area contributed by atoms with Crippen LogP contribution in [-0.2, 0) is 25.8 Å². The summed E-state index contributed by atoms with van der Waals surface area (Å²) in [5, 5.41) is 0.766. The number of fused-ring (bicyclic) bond motifs is 2. The molecule has 0 saturated heterocycles. The van der Waals surface area contributed by atoms with E-state index in [1.54, 1.807) is 11.3 Å². The Hall–Kier alpha value is -2.98. The molecule has 0 atom stereocenters. The summed E-state index contributed by atoms with van der Waals surface area (Å²) in [5.74, 6) is 0.0225. The number of anilines is 1. The first-order valence-electron chi connectivity index (χ1n) is 11.1. The third kappa shape index (κ3) is 4.00. The predicted molar refractivity (Wildman–Crippen MR) is 129 cm³/mol. The number of hydrogen-bond donors (Lipinski definition) is 0. The summed E-state index contributed by atoms with van der Waals surface area (Å²) in [4.78, 5) is 20.5. The molecule has 4 aromatic rings. The number of thiazole rings is 1. The molecule has 0 spiro atoms. The van der Waals surface area contributed by atoms with E-state index in [0.717, 1.165) is 45.7 Å². The van der Waals surface area contributed by atoms with E-state index in [1.165, 1.54) is 29.5 Å². The molecule has 3 aromatic carbocycles. The van der Waals surface area contributed by atoms with Crippen molar-refractivity contribution in [3.63, 3.8) is 0 Å². The van der Waals surface area contributed by atoms with Gasteiger partial charge in [0.05, 0.1) is 16.8 Å². The van der Waals surface area contributed by atoms with Gasteiger partial charge in [-0.1, -0.05) is 66.8 Å². The molecule has 1 aromatic heterocycles. The van der Waals surface area contributed by atoms with Gasteiger partial charge >= 0.3 is 0 Å². The van der Waals surface area contributed by atoms with Crippen LogP contribution in [0.25, 0.3) is 10.2 Å². The normalized spacial score (nSPS) is 13.2. The first kappa shape index (κ1) is 20.0. The third-order valence-electron chi connectivity index (χ3n) is 6.13. The molecule has 0 radical (unpaired) electrons. The molecule has 4 heteroatoms. The van der Waals surface area contributed by atoms with Gasteiger partial charge < -0.3 is 0 Å². The maximum Gasteiger partial charge on any atom is 0.260 e. The summed E-state index contributed by atoms with van der Waals surface area (Å²) >= 11 is 1.60. The van der Waals surface area contributed by atoms with Crippen LogP contribution < -0.4 is 4.90 Å². The molecule has 0 N–H and O–H groups in total. The number of nitrogens with zero attached hydrogens (tertiary/aromatic N) is 2. The van der Waals surface area contributed by atoms with Crippen molar-refractivity contribution in [2.24, 2.45) is 0 Å². The zero-order valence-corrected chi connectivity index (χ0v) is 18.6. The fourth-order valence-electron chi connectivity index (χ4n) is 4.41. The summed E-state index contributed by atoms with van der Waals surface area (Å²) in [7, 11) is 0. The maximum absolute atomic E-state index is 13.8. The molecule has 31 heavy (non-hydrogen) atoms. The molecule has 1 heterocycles. The van der Waals surface area contributed by atoms with Crippen molar-refractivity contribution in [1.29, 1.82) is 0 Å². The molecule has 0 saturated carbocycles. The monoisotopic (exact) mass is 426 g/mol. The summed E-state index contributed by atoms with van der Waals surface area (Å²) in [5.41, 5.74) is 6.82. The topological polar surface area (TPSA) is 33.2 Å². The van der Waals surface area contributed by atoms with Crippen molar-refractivity contribution >= 4 is 32.6 Å². The zero-order chi connectivity index (χ0) is 21.2. The smallest absolute Gasteiger partial charge is 0.260 e. The van der Waals surface area contributed by atoms with E-state index in [-0.39, 0.29) is 5.91 Å². The fraction of sp³-hybridized carbons (Fsp3) is 0.259. The minimum Gasteiger partial charge on any atom is -0.279 e. The number of aromatic nitrogens is 1. The van der Waals surface area contributed by atoms with Crippen molar-refractivity contribution in [3.05, 3.63) is 94.5 Å². The molecule has 0 aliphatic heterocycles. The number of benzene rings is 3. The summed E-state index contributed by atoms with van der Waals surface area (Å²) in [6, 6.07) is 22.7. The van der Waals surface area contributed by atoms with Crippen molar-refractivity contribution in [1.82, 2.24) is 4.98 Å². The van der Waals surface area contributed by atoms with Crippen LogP contribution in [0.5, 0.6) is 0 Å². The van der Waals surface area contributed by atoms with E-state index in [9.17, 15) is 4.79 Å². The second-order valence-electron chi connectivity index (χ2n) is 8.18. The predicted octanol–water partition coefficient (Wildman–Crippen LogP) is 6.58. The van der Waals surface area contributed by atoms with Crippen LogP contribution in [0.3, 0.4) is 0 Å². The summed E-state index contributed by atoms with van der Waals surface area (Å²) in [6.07, 6.45) is 5.56. The number of para-hydroxylation sites is 1. The molecule has 0 unspecified atom stereocenters. The molecule has 156 valence electrons. The number of aryl methyl sites for hydroxylation is 3. The van der Waals surface area contributed by atoms with Crippen LogP contribution in [0, 0.1) is 0 Å². The van der Waals surface area contributed by atoms with Crippen molar-refractivity contribution < 1.29 is 4.79 Å². The third-order valence-corrected chi connectivity index (χ3v) is 7.17. The van der Waals surface area contributed by atoms with Gasteiger partial charge in [-0.2, -0.15) is 0 Å². The Balaban J connectivity index is 1.56. The summed E-state index contributed by atoms with van der Waals surface area (Å²) < 4.78 is 1.13. The Kier molecular flexibility index (Phi) is 5.56. The maximum atomic E-state index is 13.8. The van der Waals surface area contributed by atoms with Crippen LogP contribution in [0.1, 0.15) is 52.4 Å². The van der Waals surface area contributed by atoms with Crippen molar-refractivity contribution in [2.75, 3.05) is 4.90 Å². The highest BCUT2D eigenvalue weighted by atomic mass is 32.1. The van der Waals surface area contributed by atoms with Gasteiger partial charge in [-0.15, -0.1) is 0 Å². The fourth-order valence-corrected chi connectivity index (χ4v) is 5.42. The number of amides is 1. The second kappa shape index (κ2) is 8.64. The van der Waals surface area contributed by atoms with E-state index < -0.39 is 0 Å². The molecular weight excluding hydrogens is 400 g/mol. The van der Waals surface area contributed by atoms with Crippen LogP contribution in [0.2, 0.25) is 0 Å². The minimum absolute atomic E-state index is 0.0225. The largest absolute Gasteiger partial charge is 0.279 e. The molecule has 5 rings (SSSR count). The van der Waals surface area contributed by atoms with Gasteiger partial charge in [0.1, 0.15) is 0 Å².